The Labute approximate surface area is 136 Å². The number of ether oxygens (including phenoxy) is 1. The summed E-state index contributed by atoms with van der Waals surface area (Å²) in [7, 11) is -2.77. The predicted molar refractivity (Wildman–Crippen MR) is 83.9 cm³/mol. The number of rotatable bonds is 6. The van der Waals surface area contributed by atoms with Crippen LogP contribution in [-0.2, 0) is 10.0 Å². The monoisotopic (exact) mass is 352 g/mol. The molecule has 10 heteroatoms. The van der Waals surface area contributed by atoms with Crippen molar-refractivity contribution in [2.45, 2.75) is 4.90 Å². The molecule has 0 fully saturated rings. The van der Waals surface area contributed by atoms with Gasteiger partial charge in [-0.3, -0.25) is 14.8 Å². The zero-order chi connectivity index (χ0) is 17.9. The molecule has 126 valence electrons. The lowest BCUT2D eigenvalue weighted by Crippen LogP contribution is -2.14. The Bertz CT molecular complexity index is 892. The van der Waals surface area contributed by atoms with E-state index in [4.69, 9.17) is 9.84 Å². The largest absolute Gasteiger partial charge is 0.495 e. The Hall–Kier alpha value is -3.14. The molecule has 0 aliphatic carbocycles. The molecular weight excluding hydrogens is 340 g/mol. The van der Waals surface area contributed by atoms with Gasteiger partial charge in [0.1, 0.15) is 5.75 Å². The van der Waals surface area contributed by atoms with Gasteiger partial charge in [-0.15, -0.1) is 0 Å². The molecule has 0 radical (unpaired) electrons. The second-order valence-electron chi connectivity index (χ2n) is 4.58. The predicted octanol–water partition coefficient (Wildman–Crippen LogP) is 2.10. The first-order valence-corrected chi connectivity index (χ1v) is 7.91. The number of sulfonamides is 1. The van der Waals surface area contributed by atoms with E-state index in [9.17, 15) is 23.3 Å². The highest BCUT2D eigenvalue weighted by Gasteiger charge is 2.19. The molecule has 2 aromatic carbocycles. The fraction of sp³-hybridized carbons (Fsp3) is 0.0714. The standard InChI is InChI=1S/C14H12N2O7S/c1-23-13-7-2-9(14(17)18)8-12(13)15-24(21,22)11-5-3-10(4-6-11)16(19)20/h2-8,15H,1H3,(H,17,18). The van der Waals surface area contributed by atoms with Crippen molar-refractivity contribution in [2.75, 3.05) is 11.8 Å². The Kier molecular flexibility index (Phi) is 4.69. The van der Waals surface area contributed by atoms with E-state index in [-0.39, 0.29) is 27.6 Å². The number of hydrogen-bond donors (Lipinski definition) is 2. The lowest BCUT2D eigenvalue weighted by atomic mass is 10.2. The minimum atomic E-state index is -4.08. The average molecular weight is 352 g/mol. The second-order valence-corrected chi connectivity index (χ2v) is 6.26. The van der Waals surface area contributed by atoms with Crippen molar-refractivity contribution in [3.63, 3.8) is 0 Å². The van der Waals surface area contributed by atoms with Gasteiger partial charge in [0.15, 0.2) is 0 Å². The summed E-state index contributed by atoms with van der Waals surface area (Å²) >= 11 is 0. The summed E-state index contributed by atoms with van der Waals surface area (Å²) in [6.45, 7) is 0. The van der Waals surface area contributed by atoms with Crippen LogP contribution in [0.5, 0.6) is 5.75 Å². The third-order valence-corrected chi connectivity index (χ3v) is 4.43. The molecule has 9 nitrogen and oxygen atoms in total. The minimum Gasteiger partial charge on any atom is -0.495 e. The summed E-state index contributed by atoms with van der Waals surface area (Å²) in [5.41, 5.74) is -0.438. The molecule has 24 heavy (non-hydrogen) atoms. The van der Waals surface area contributed by atoms with Crippen molar-refractivity contribution in [2.24, 2.45) is 0 Å². The van der Waals surface area contributed by atoms with E-state index in [0.717, 1.165) is 30.3 Å². The molecular formula is C14H12N2O7S. The summed E-state index contributed by atoms with van der Waals surface area (Å²) in [5, 5.41) is 19.6. The second kappa shape index (κ2) is 6.54. The van der Waals surface area contributed by atoms with Gasteiger partial charge in [0, 0.05) is 12.1 Å². The number of nitro groups is 1. The quantitative estimate of drug-likeness (QED) is 0.600. The summed E-state index contributed by atoms with van der Waals surface area (Å²) in [6, 6.07) is 7.97. The third-order valence-electron chi connectivity index (χ3n) is 3.05. The molecule has 2 aromatic rings. The molecule has 0 aliphatic heterocycles. The maximum atomic E-state index is 12.3. The van der Waals surface area contributed by atoms with Crippen molar-refractivity contribution in [3.8, 4) is 5.75 Å². The molecule has 0 saturated heterocycles. The first-order valence-electron chi connectivity index (χ1n) is 6.43. The lowest BCUT2D eigenvalue weighted by molar-refractivity contribution is -0.384. The van der Waals surface area contributed by atoms with Crippen LogP contribution in [0.15, 0.2) is 47.4 Å². The lowest BCUT2D eigenvalue weighted by Gasteiger charge is -2.12. The van der Waals surface area contributed by atoms with Crippen LogP contribution in [0.4, 0.5) is 11.4 Å². The molecule has 0 unspecified atom stereocenters. The van der Waals surface area contributed by atoms with Crippen molar-refractivity contribution in [1.29, 1.82) is 0 Å². The van der Waals surface area contributed by atoms with Crippen LogP contribution >= 0.6 is 0 Å². The first kappa shape index (κ1) is 17.2. The number of non-ortho nitro benzene ring substituents is 1. The van der Waals surface area contributed by atoms with E-state index in [1.807, 2.05) is 0 Å². The van der Waals surface area contributed by atoms with Gasteiger partial charge in [0.2, 0.25) is 0 Å². The maximum absolute atomic E-state index is 12.3. The Balaban J connectivity index is 2.39. The van der Waals surface area contributed by atoms with Gasteiger partial charge < -0.3 is 9.84 Å². The number of nitrogens with one attached hydrogen (secondary N) is 1. The molecule has 2 N–H and O–H groups in total. The molecule has 0 heterocycles. The minimum absolute atomic E-state index is 0.0595. The molecule has 2 rings (SSSR count). The summed E-state index contributed by atoms with van der Waals surface area (Å²) in [5.74, 6) is -1.10. The topological polar surface area (TPSA) is 136 Å². The average Bonchev–Trinajstić information content (AvgIpc) is 2.54. The van der Waals surface area contributed by atoms with E-state index < -0.39 is 20.9 Å². The van der Waals surface area contributed by atoms with E-state index in [2.05, 4.69) is 4.72 Å². The molecule has 0 spiro atoms. The zero-order valence-electron chi connectivity index (χ0n) is 12.3. The third kappa shape index (κ3) is 3.60. The number of nitrogens with zero attached hydrogens (tertiary/aromatic N) is 1. The Morgan fingerprint density at radius 3 is 2.33 bits per heavy atom. The van der Waals surface area contributed by atoms with Gasteiger partial charge in [0.25, 0.3) is 15.7 Å². The van der Waals surface area contributed by atoms with Gasteiger partial charge >= 0.3 is 5.97 Å². The maximum Gasteiger partial charge on any atom is 0.335 e. The van der Waals surface area contributed by atoms with Crippen LogP contribution in [0.1, 0.15) is 10.4 Å². The van der Waals surface area contributed by atoms with Gasteiger partial charge in [-0.2, -0.15) is 0 Å². The number of methoxy groups -OCH3 is 1. The molecule has 0 amide bonds. The van der Waals surface area contributed by atoms with Crippen molar-refractivity contribution < 1.29 is 28.0 Å². The zero-order valence-corrected chi connectivity index (χ0v) is 13.1. The van der Waals surface area contributed by atoms with Crippen LogP contribution in [0.2, 0.25) is 0 Å². The molecule has 0 bridgehead atoms. The molecule has 0 atom stereocenters. The number of nitro benzene ring substituents is 1. The highest BCUT2D eigenvalue weighted by molar-refractivity contribution is 7.92. The number of carboxylic acids is 1. The van der Waals surface area contributed by atoms with Gasteiger partial charge in [-0.25, -0.2) is 13.2 Å². The fourth-order valence-corrected chi connectivity index (χ4v) is 2.93. The smallest absolute Gasteiger partial charge is 0.335 e. The summed E-state index contributed by atoms with van der Waals surface area (Å²) < 4.78 is 31.9. The van der Waals surface area contributed by atoms with Gasteiger partial charge in [0.05, 0.1) is 28.2 Å². The van der Waals surface area contributed by atoms with Crippen LogP contribution < -0.4 is 9.46 Å². The van der Waals surface area contributed by atoms with Crippen LogP contribution in [0.3, 0.4) is 0 Å². The van der Waals surface area contributed by atoms with Crippen molar-refractivity contribution in [1.82, 2.24) is 0 Å². The number of anilines is 1. The number of carboxylic acid groups (broad SMARTS) is 1. The number of carbonyl (C=O) groups is 1. The number of aromatic carboxylic acids is 1. The van der Waals surface area contributed by atoms with Gasteiger partial charge in [-0.05, 0) is 30.3 Å². The van der Waals surface area contributed by atoms with Crippen molar-refractivity contribution >= 4 is 27.4 Å². The normalized spacial score (nSPS) is 10.9. The van der Waals surface area contributed by atoms with Crippen molar-refractivity contribution in [3.05, 3.63) is 58.1 Å². The Morgan fingerprint density at radius 1 is 1.21 bits per heavy atom. The first-order chi connectivity index (χ1) is 11.2. The van der Waals surface area contributed by atoms with E-state index in [0.29, 0.717) is 0 Å². The molecule has 0 aromatic heterocycles. The number of hydrogen-bond acceptors (Lipinski definition) is 6. The fourth-order valence-electron chi connectivity index (χ4n) is 1.87. The molecule has 0 saturated carbocycles. The summed E-state index contributed by atoms with van der Waals surface area (Å²) in [6.07, 6.45) is 0. The SMILES string of the molecule is COc1ccc(C(=O)O)cc1NS(=O)(=O)c1ccc([N+](=O)[O-])cc1. The van der Waals surface area contributed by atoms with E-state index in [1.54, 1.807) is 0 Å². The molecule has 0 aliphatic rings. The highest BCUT2D eigenvalue weighted by Crippen LogP contribution is 2.28. The number of benzene rings is 2. The van der Waals surface area contributed by atoms with Gasteiger partial charge in [-0.1, -0.05) is 0 Å². The van der Waals surface area contributed by atoms with Crippen LogP contribution in [-0.4, -0.2) is 31.5 Å². The van der Waals surface area contributed by atoms with E-state index >= 15 is 0 Å². The summed E-state index contributed by atoms with van der Waals surface area (Å²) in [4.78, 5) is 20.8. The van der Waals surface area contributed by atoms with Crippen LogP contribution in [0.25, 0.3) is 0 Å². The Morgan fingerprint density at radius 2 is 1.83 bits per heavy atom. The van der Waals surface area contributed by atoms with E-state index in [1.165, 1.54) is 19.2 Å². The van der Waals surface area contributed by atoms with Crippen LogP contribution in [0, 0.1) is 10.1 Å². The highest BCUT2D eigenvalue weighted by atomic mass is 32.2.